The molecule has 0 aliphatic heterocycles. The quantitative estimate of drug-likeness (QED) is 0.725. The van der Waals surface area contributed by atoms with Crippen LogP contribution in [0.3, 0.4) is 0 Å². The van der Waals surface area contributed by atoms with E-state index in [-0.39, 0.29) is 5.82 Å². The van der Waals surface area contributed by atoms with Gasteiger partial charge in [-0.15, -0.1) is 0 Å². The fourth-order valence-corrected chi connectivity index (χ4v) is 3.37. The zero-order valence-corrected chi connectivity index (χ0v) is 13.9. The second-order valence-corrected chi connectivity index (χ2v) is 6.34. The number of hydrogen-bond donors (Lipinski definition) is 1. The fourth-order valence-electron chi connectivity index (χ4n) is 2.04. The van der Waals surface area contributed by atoms with Crippen LogP contribution in [-0.4, -0.2) is 0 Å². The van der Waals surface area contributed by atoms with Gasteiger partial charge in [-0.25, -0.2) is 4.39 Å². The lowest BCUT2D eigenvalue weighted by Crippen LogP contribution is -2.02. The molecule has 0 saturated carbocycles. The number of halogens is 3. The second-order valence-electron chi connectivity index (χ2n) is 4.57. The zero-order chi connectivity index (χ0) is 14.0. The molecule has 0 saturated heterocycles. The summed E-state index contributed by atoms with van der Waals surface area (Å²) < 4.78 is 15.1. The molecule has 2 rings (SSSR count). The number of rotatable bonds is 3. The molecule has 0 bridgehead atoms. The van der Waals surface area contributed by atoms with Gasteiger partial charge in [0.2, 0.25) is 0 Å². The predicted octanol–water partition coefficient (Wildman–Crippen LogP) is 5.58. The lowest BCUT2D eigenvalue weighted by atomic mass is 10.1. The van der Waals surface area contributed by atoms with Gasteiger partial charge in [-0.05, 0) is 70.7 Å². The maximum Gasteiger partial charge on any atom is 0.124 e. The highest BCUT2D eigenvalue weighted by Gasteiger charge is 2.05. The standard InChI is InChI=1S/C15H14Br2FN/c1-9-3-10(2)15(14(17)4-9)19-8-11-5-12(16)7-13(18)6-11/h3-7,19H,8H2,1-2H3. The van der Waals surface area contributed by atoms with Gasteiger partial charge in [0, 0.05) is 15.5 Å². The number of hydrogen-bond acceptors (Lipinski definition) is 1. The Bertz CT molecular complexity index is 568. The number of anilines is 1. The first-order valence-corrected chi connectivity index (χ1v) is 7.50. The molecule has 0 aliphatic rings. The lowest BCUT2D eigenvalue weighted by Gasteiger charge is -2.13. The third kappa shape index (κ3) is 3.80. The topological polar surface area (TPSA) is 12.0 Å². The van der Waals surface area contributed by atoms with E-state index in [0.717, 1.165) is 20.2 Å². The Morgan fingerprint density at radius 2 is 1.79 bits per heavy atom. The molecule has 0 aromatic heterocycles. The molecule has 4 heteroatoms. The van der Waals surface area contributed by atoms with Crippen molar-refractivity contribution in [3.05, 3.63) is 61.8 Å². The van der Waals surface area contributed by atoms with E-state index < -0.39 is 0 Å². The summed E-state index contributed by atoms with van der Waals surface area (Å²) >= 11 is 6.86. The van der Waals surface area contributed by atoms with E-state index in [0.29, 0.717) is 6.54 Å². The van der Waals surface area contributed by atoms with Crippen LogP contribution in [0.4, 0.5) is 10.1 Å². The third-order valence-electron chi connectivity index (χ3n) is 2.82. The van der Waals surface area contributed by atoms with Crippen LogP contribution in [-0.2, 0) is 6.54 Å². The van der Waals surface area contributed by atoms with Gasteiger partial charge in [0.25, 0.3) is 0 Å². The van der Waals surface area contributed by atoms with E-state index in [1.54, 1.807) is 0 Å². The highest BCUT2D eigenvalue weighted by Crippen LogP contribution is 2.28. The fraction of sp³-hybridized carbons (Fsp3) is 0.200. The minimum Gasteiger partial charge on any atom is -0.380 e. The highest BCUT2D eigenvalue weighted by atomic mass is 79.9. The molecule has 0 radical (unpaired) electrons. The number of aryl methyl sites for hydroxylation is 2. The van der Waals surface area contributed by atoms with E-state index in [1.165, 1.54) is 23.3 Å². The molecule has 0 spiro atoms. The van der Waals surface area contributed by atoms with Crippen molar-refractivity contribution >= 4 is 37.5 Å². The van der Waals surface area contributed by atoms with Crippen molar-refractivity contribution in [2.45, 2.75) is 20.4 Å². The normalized spacial score (nSPS) is 10.6. The highest BCUT2D eigenvalue weighted by molar-refractivity contribution is 9.10. The first-order valence-electron chi connectivity index (χ1n) is 5.91. The van der Waals surface area contributed by atoms with Crippen molar-refractivity contribution in [3.63, 3.8) is 0 Å². The number of nitrogens with one attached hydrogen (secondary N) is 1. The molecular weight excluding hydrogens is 373 g/mol. The van der Waals surface area contributed by atoms with Gasteiger partial charge in [0.05, 0.1) is 5.69 Å². The molecule has 19 heavy (non-hydrogen) atoms. The number of benzene rings is 2. The summed E-state index contributed by atoms with van der Waals surface area (Å²) in [4.78, 5) is 0. The van der Waals surface area contributed by atoms with E-state index in [1.807, 2.05) is 6.07 Å². The Hall–Kier alpha value is -0.870. The molecule has 0 aliphatic carbocycles. The van der Waals surface area contributed by atoms with Gasteiger partial charge < -0.3 is 5.32 Å². The summed E-state index contributed by atoms with van der Waals surface area (Å²) in [7, 11) is 0. The smallest absolute Gasteiger partial charge is 0.124 e. The van der Waals surface area contributed by atoms with Crippen LogP contribution in [0.1, 0.15) is 16.7 Å². The molecule has 2 aromatic rings. The van der Waals surface area contributed by atoms with Crippen molar-refractivity contribution in [1.29, 1.82) is 0 Å². The van der Waals surface area contributed by atoms with Crippen molar-refractivity contribution in [3.8, 4) is 0 Å². The maximum atomic E-state index is 13.3. The molecule has 2 aromatic carbocycles. The zero-order valence-electron chi connectivity index (χ0n) is 10.7. The Morgan fingerprint density at radius 3 is 2.42 bits per heavy atom. The Balaban J connectivity index is 2.19. The van der Waals surface area contributed by atoms with Crippen molar-refractivity contribution < 1.29 is 4.39 Å². The summed E-state index contributed by atoms with van der Waals surface area (Å²) in [5.41, 5.74) is 4.33. The lowest BCUT2D eigenvalue weighted by molar-refractivity contribution is 0.625. The second kappa shape index (κ2) is 6.06. The van der Waals surface area contributed by atoms with E-state index in [4.69, 9.17) is 0 Å². The first-order chi connectivity index (χ1) is 8.95. The molecule has 0 fully saturated rings. The van der Waals surface area contributed by atoms with Crippen LogP contribution in [0.5, 0.6) is 0 Å². The Kier molecular flexibility index (Phi) is 4.63. The molecule has 1 N–H and O–H groups in total. The average Bonchev–Trinajstić information content (AvgIpc) is 2.25. The molecule has 0 heterocycles. The summed E-state index contributed by atoms with van der Waals surface area (Å²) in [6.07, 6.45) is 0. The van der Waals surface area contributed by atoms with Gasteiger partial charge in [-0.3, -0.25) is 0 Å². The van der Waals surface area contributed by atoms with Crippen molar-refractivity contribution in [1.82, 2.24) is 0 Å². The molecular formula is C15H14Br2FN. The van der Waals surface area contributed by atoms with Crippen LogP contribution in [0, 0.1) is 19.7 Å². The summed E-state index contributed by atoms with van der Waals surface area (Å²) in [6, 6.07) is 9.09. The van der Waals surface area contributed by atoms with Crippen LogP contribution >= 0.6 is 31.9 Å². The van der Waals surface area contributed by atoms with Crippen LogP contribution in [0.25, 0.3) is 0 Å². The van der Waals surface area contributed by atoms with Gasteiger partial charge in [-0.1, -0.05) is 22.0 Å². The third-order valence-corrected chi connectivity index (χ3v) is 3.91. The SMILES string of the molecule is Cc1cc(C)c(NCc2cc(F)cc(Br)c2)c(Br)c1. The molecule has 0 amide bonds. The van der Waals surface area contributed by atoms with Crippen LogP contribution in [0.15, 0.2) is 39.3 Å². The van der Waals surface area contributed by atoms with Crippen LogP contribution in [0.2, 0.25) is 0 Å². The van der Waals surface area contributed by atoms with Crippen LogP contribution < -0.4 is 5.32 Å². The van der Waals surface area contributed by atoms with Gasteiger partial charge in [-0.2, -0.15) is 0 Å². The summed E-state index contributed by atoms with van der Waals surface area (Å²) in [5, 5.41) is 3.34. The molecule has 0 unspecified atom stereocenters. The summed E-state index contributed by atoms with van der Waals surface area (Å²) in [6.45, 7) is 4.70. The monoisotopic (exact) mass is 385 g/mol. The molecule has 1 nitrogen and oxygen atoms in total. The maximum absolute atomic E-state index is 13.3. The Morgan fingerprint density at radius 1 is 1.05 bits per heavy atom. The van der Waals surface area contributed by atoms with E-state index in [2.05, 4.69) is 63.2 Å². The Labute approximate surface area is 129 Å². The van der Waals surface area contributed by atoms with Crippen molar-refractivity contribution in [2.24, 2.45) is 0 Å². The molecule has 0 atom stereocenters. The van der Waals surface area contributed by atoms with Gasteiger partial charge >= 0.3 is 0 Å². The minimum absolute atomic E-state index is 0.231. The minimum atomic E-state index is -0.231. The predicted molar refractivity (Wildman–Crippen MR) is 85.0 cm³/mol. The molecule has 100 valence electrons. The van der Waals surface area contributed by atoms with E-state index in [9.17, 15) is 4.39 Å². The average molecular weight is 387 g/mol. The van der Waals surface area contributed by atoms with Gasteiger partial charge in [0.1, 0.15) is 5.82 Å². The van der Waals surface area contributed by atoms with E-state index >= 15 is 0 Å². The summed E-state index contributed by atoms with van der Waals surface area (Å²) in [5.74, 6) is -0.231. The van der Waals surface area contributed by atoms with Crippen molar-refractivity contribution in [2.75, 3.05) is 5.32 Å². The largest absolute Gasteiger partial charge is 0.380 e. The first kappa shape index (κ1) is 14.5. The van der Waals surface area contributed by atoms with Gasteiger partial charge in [0.15, 0.2) is 0 Å².